The van der Waals surface area contributed by atoms with Gasteiger partial charge in [-0.15, -0.1) is 0 Å². The van der Waals surface area contributed by atoms with Crippen LogP contribution < -0.4 is 4.74 Å². The SMILES string of the molecule is C/C=C\[C@H](C)/C=C(\C)[C@@H](O[Si](C)(C)C(C)(C)C)[C@@H](COCOCCOC)[C@@H](OCc1ccc(OC)cc1)[C@@H](C)C=O. The average molecular weight is 593 g/mol. The van der Waals surface area contributed by atoms with Crippen molar-refractivity contribution in [1.82, 2.24) is 0 Å². The summed E-state index contributed by atoms with van der Waals surface area (Å²) in [6, 6.07) is 7.77. The predicted octanol–water partition coefficient (Wildman–Crippen LogP) is 7.22. The Kier molecular flexibility index (Phi) is 16.9. The van der Waals surface area contributed by atoms with E-state index in [9.17, 15) is 4.79 Å². The molecule has 1 aromatic rings. The number of ether oxygens (including phenoxy) is 5. The van der Waals surface area contributed by atoms with E-state index in [0.717, 1.165) is 23.2 Å². The lowest BCUT2D eigenvalue weighted by Gasteiger charge is -2.44. The van der Waals surface area contributed by atoms with Gasteiger partial charge in [0.25, 0.3) is 0 Å². The first-order valence-corrected chi connectivity index (χ1v) is 17.5. The molecule has 0 unspecified atom stereocenters. The lowest BCUT2D eigenvalue weighted by molar-refractivity contribution is -0.132. The summed E-state index contributed by atoms with van der Waals surface area (Å²) >= 11 is 0. The van der Waals surface area contributed by atoms with E-state index in [0.29, 0.717) is 26.4 Å². The third-order valence-electron chi connectivity index (χ3n) is 7.75. The maximum Gasteiger partial charge on any atom is 0.192 e. The van der Waals surface area contributed by atoms with Crippen LogP contribution in [0.25, 0.3) is 0 Å². The zero-order valence-corrected chi connectivity index (χ0v) is 28.4. The Bertz CT molecular complexity index is 921. The Morgan fingerprint density at radius 1 is 1.02 bits per heavy atom. The first kappa shape index (κ1) is 37.2. The molecule has 1 aromatic carbocycles. The van der Waals surface area contributed by atoms with Crippen molar-refractivity contribution in [1.29, 1.82) is 0 Å². The van der Waals surface area contributed by atoms with Crippen molar-refractivity contribution in [3.8, 4) is 5.75 Å². The van der Waals surface area contributed by atoms with Gasteiger partial charge in [0, 0.05) is 18.9 Å². The van der Waals surface area contributed by atoms with E-state index in [2.05, 4.69) is 65.9 Å². The molecule has 0 saturated carbocycles. The highest BCUT2D eigenvalue weighted by molar-refractivity contribution is 6.74. The topological polar surface area (TPSA) is 72.5 Å². The summed E-state index contributed by atoms with van der Waals surface area (Å²) in [7, 11) is 1.05. The van der Waals surface area contributed by atoms with Gasteiger partial charge in [0.15, 0.2) is 8.32 Å². The fourth-order valence-corrected chi connectivity index (χ4v) is 5.69. The Balaban J connectivity index is 3.51. The fraction of sp³-hybridized carbons (Fsp3) is 0.667. The molecule has 0 bridgehead atoms. The first-order chi connectivity index (χ1) is 19.3. The summed E-state index contributed by atoms with van der Waals surface area (Å²) in [6.45, 7) is 21.1. The highest BCUT2D eigenvalue weighted by atomic mass is 28.4. The van der Waals surface area contributed by atoms with Crippen LogP contribution >= 0.6 is 0 Å². The second-order valence-corrected chi connectivity index (χ2v) is 17.0. The fourth-order valence-electron chi connectivity index (χ4n) is 4.34. The number of benzene rings is 1. The van der Waals surface area contributed by atoms with Gasteiger partial charge in [-0.05, 0) is 61.2 Å². The van der Waals surface area contributed by atoms with Crippen LogP contribution in [-0.2, 0) is 34.8 Å². The van der Waals surface area contributed by atoms with Gasteiger partial charge in [-0.25, -0.2) is 0 Å². The van der Waals surface area contributed by atoms with Crippen LogP contribution in [0.4, 0.5) is 0 Å². The van der Waals surface area contributed by atoms with Crippen molar-refractivity contribution in [2.24, 2.45) is 17.8 Å². The van der Waals surface area contributed by atoms with Crippen LogP contribution in [0, 0.1) is 17.8 Å². The van der Waals surface area contributed by atoms with Gasteiger partial charge >= 0.3 is 0 Å². The smallest absolute Gasteiger partial charge is 0.192 e. The molecule has 0 aromatic heterocycles. The molecule has 0 radical (unpaired) electrons. The minimum atomic E-state index is -2.24. The Morgan fingerprint density at radius 2 is 1.68 bits per heavy atom. The van der Waals surface area contributed by atoms with Crippen molar-refractivity contribution in [3.05, 3.63) is 53.6 Å². The summed E-state index contributed by atoms with van der Waals surface area (Å²) in [4.78, 5) is 12.3. The van der Waals surface area contributed by atoms with E-state index in [-0.39, 0.29) is 35.7 Å². The van der Waals surface area contributed by atoms with Gasteiger partial charge in [0.05, 0.1) is 45.7 Å². The van der Waals surface area contributed by atoms with Crippen molar-refractivity contribution in [2.45, 2.75) is 85.4 Å². The van der Waals surface area contributed by atoms with E-state index in [1.807, 2.05) is 38.1 Å². The minimum absolute atomic E-state index is 0.00907. The molecule has 0 aliphatic heterocycles. The lowest BCUT2D eigenvalue weighted by Crippen LogP contribution is -2.50. The number of carbonyl (C=O) groups is 1. The lowest BCUT2D eigenvalue weighted by atomic mass is 9.85. The molecule has 8 heteroatoms. The molecule has 234 valence electrons. The van der Waals surface area contributed by atoms with Crippen LogP contribution in [-0.4, -0.2) is 67.6 Å². The van der Waals surface area contributed by atoms with Gasteiger partial charge in [0.2, 0.25) is 0 Å². The van der Waals surface area contributed by atoms with Crippen molar-refractivity contribution >= 4 is 14.6 Å². The standard InChI is InChI=1S/C33H56O7Si/c1-12-13-25(2)20-26(3)32(40-41(10,11)33(5,6)7)30(23-38-24-37-19-18-35-8)31(27(4)21-34)39-22-28-14-16-29(36-9)17-15-28/h12-17,20-21,25,27,30-32H,18-19,22-24H2,1-11H3/b13-12-,26-20+/t25-,27-,30-,31-,32+/m0/s1. The molecule has 0 saturated heterocycles. The molecule has 0 aliphatic rings. The molecule has 41 heavy (non-hydrogen) atoms. The quantitative estimate of drug-likeness (QED) is 0.0520. The molecule has 0 spiro atoms. The van der Waals surface area contributed by atoms with Crippen molar-refractivity contribution in [3.63, 3.8) is 0 Å². The zero-order valence-electron chi connectivity index (χ0n) is 27.4. The average Bonchev–Trinajstić information content (AvgIpc) is 2.92. The molecule has 0 N–H and O–H groups in total. The number of hydrogen-bond donors (Lipinski definition) is 0. The highest BCUT2D eigenvalue weighted by Crippen LogP contribution is 2.40. The number of allylic oxidation sites excluding steroid dienone is 3. The second kappa shape index (κ2) is 18.7. The van der Waals surface area contributed by atoms with Gasteiger partial charge in [-0.2, -0.15) is 0 Å². The molecule has 0 heterocycles. The highest BCUT2D eigenvalue weighted by Gasteiger charge is 2.44. The summed E-state index contributed by atoms with van der Waals surface area (Å²) in [5, 5.41) is -0.00907. The normalized spacial score (nSPS) is 16.8. The number of methoxy groups -OCH3 is 2. The van der Waals surface area contributed by atoms with E-state index in [1.54, 1.807) is 14.2 Å². The Hall–Kier alpha value is -1.81. The maximum absolute atomic E-state index is 12.3. The summed E-state index contributed by atoms with van der Waals surface area (Å²) < 4.78 is 35.8. The monoisotopic (exact) mass is 592 g/mol. The molecule has 7 nitrogen and oxygen atoms in total. The van der Waals surface area contributed by atoms with Crippen molar-refractivity contribution in [2.75, 3.05) is 40.8 Å². The zero-order chi connectivity index (χ0) is 31.1. The third-order valence-corrected chi connectivity index (χ3v) is 12.2. The molecule has 5 atom stereocenters. The molecule has 0 fully saturated rings. The maximum atomic E-state index is 12.3. The minimum Gasteiger partial charge on any atom is -0.497 e. The summed E-state index contributed by atoms with van der Waals surface area (Å²) in [5.41, 5.74) is 2.10. The Morgan fingerprint density at radius 3 is 2.22 bits per heavy atom. The van der Waals surface area contributed by atoms with Crippen LogP contribution in [0.15, 0.2) is 48.1 Å². The van der Waals surface area contributed by atoms with E-state index < -0.39 is 14.4 Å². The van der Waals surface area contributed by atoms with E-state index in [1.165, 1.54) is 0 Å². The van der Waals surface area contributed by atoms with Crippen molar-refractivity contribution < 1.29 is 32.9 Å². The number of rotatable bonds is 20. The van der Waals surface area contributed by atoms with Crippen LogP contribution in [0.2, 0.25) is 18.1 Å². The molecule has 0 aliphatic carbocycles. The molecule has 1 rings (SSSR count). The molecular weight excluding hydrogens is 536 g/mol. The number of aldehydes is 1. The summed E-state index contributed by atoms with van der Waals surface area (Å²) in [5.74, 6) is 0.363. The van der Waals surface area contributed by atoms with Gasteiger partial charge < -0.3 is 32.9 Å². The van der Waals surface area contributed by atoms with Gasteiger partial charge in [-0.1, -0.05) is 65.0 Å². The van der Waals surface area contributed by atoms with E-state index in [4.69, 9.17) is 28.1 Å². The van der Waals surface area contributed by atoms with Crippen LogP contribution in [0.3, 0.4) is 0 Å². The molecular formula is C33H56O7Si. The Labute approximate surface area is 250 Å². The largest absolute Gasteiger partial charge is 0.497 e. The van der Waals surface area contributed by atoms with Crippen LogP contribution in [0.1, 0.15) is 54.0 Å². The number of carbonyl (C=O) groups excluding carboxylic acids is 1. The van der Waals surface area contributed by atoms with Crippen LogP contribution in [0.5, 0.6) is 5.75 Å². The molecule has 0 amide bonds. The van der Waals surface area contributed by atoms with Gasteiger partial charge in [0.1, 0.15) is 18.8 Å². The summed E-state index contributed by atoms with van der Waals surface area (Å²) in [6.07, 6.45) is 6.66. The second-order valence-electron chi connectivity index (χ2n) is 12.3. The van der Waals surface area contributed by atoms with E-state index >= 15 is 0 Å². The predicted molar refractivity (Wildman–Crippen MR) is 169 cm³/mol. The number of hydrogen-bond acceptors (Lipinski definition) is 7. The third kappa shape index (κ3) is 12.9. The first-order valence-electron chi connectivity index (χ1n) is 14.6. The van der Waals surface area contributed by atoms with Gasteiger partial charge in [-0.3, -0.25) is 0 Å².